The zero-order valence-electron chi connectivity index (χ0n) is 10.5. The molecule has 0 aromatic rings. The molecule has 16 heavy (non-hydrogen) atoms. The molecule has 0 aromatic heterocycles. The largest absolute Gasteiger partial charge is 0.0558 e. The molecule has 0 spiro atoms. The Morgan fingerprint density at radius 1 is 0.625 bits per heavy atom. The predicted molar refractivity (Wildman–Crippen MR) is 71.2 cm³/mol. The van der Waals surface area contributed by atoms with E-state index in [4.69, 9.17) is 0 Å². The lowest BCUT2D eigenvalue weighted by Crippen LogP contribution is -1.77. The summed E-state index contributed by atoms with van der Waals surface area (Å²) in [4.78, 5) is 0. The minimum atomic E-state index is 1.33. The monoisotopic (exact) mass is 210 g/mol. The fourth-order valence-corrected chi connectivity index (χ4v) is 2.19. The van der Waals surface area contributed by atoms with Crippen molar-refractivity contribution in [1.29, 1.82) is 0 Å². The number of rotatable bonds is 1. The van der Waals surface area contributed by atoms with Gasteiger partial charge in [-0.1, -0.05) is 47.6 Å². The number of allylic oxidation sites excluding steroid dienone is 12. The van der Waals surface area contributed by atoms with Crippen molar-refractivity contribution in [3.8, 4) is 0 Å². The van der Waals surface area contributed by atoms with E-state index in [2.05, 4.69) is 64.2 Å². The first kappa shape index (κ1) is 10.9. The molecule has 0 atom stereocenters. The van der Waals surface area contributed by atoms with Crippen LogP contribution in [0.2, 0.25) is 0 Å². The van der Waals surface area contributed by atoms with E-state index in [9.17, 15) is 0 Å². The molecule has 0 unspecified atom stereocenters. The molecular weight excluding hydrogens is 192 g/mol. The summed E-state index contributed by atoms with van der Waals surface area (Å²) < 4.78 is 0. The van der Waals surface area contributed by atoms with Gasteiger partial charge in [-0.15, -0.1) is 0 Å². The third-order valence-electron chi connectivity index (χ3n) is 3.01. The van der Waals surface area contributed by atoms with Crippen LogP contribution in [0, 0.1) is 0 Å². The maximum absolute atomic E-state index is 2.23. The Bertz CT molecular complexity index is 452. The van der Waals surface area contributed by atoms with Gasteiger partial charge in [0.25, 0.3) is 0 Å². The van der Waals surface area contributed by atoms with Crippen molar-refractivity contribution in [2.45, 2.75) is 27.7 Å². The Hall–Kier alpha value is -1.56. The summed E-state index contributed by atoms with van der Waals surface area (Å²) in [7, 11) is 0. The Morgan fingerprint density at radius 2 is 1.00 bits per heavy atom. The van der Waals surface area contributed by atoms with Gasteiger partial charge in [0.15, 0.2) is 0 Å². The molecule has 0 aliphatic heterocycles. The third kappa shape index (κ3) is 2.16. The highest BCUT2D eigenvalue weighted by atomic mass is 14.1. The van der Waals surface area contributed by atoms with E-state index < -0.39 is 0 Å². The smallest absolute Gasteiger partial charge is 0.0224 e. The van der Waals surface area contributed by atoms with Crippen LogP contribution in [0.25, 0.3) is 0 Å². The zero-order chi connectivity index (χ0) is 11.7. The van der Waals surface area contributed by atoms with Gasteiger partial charge in [-0.25, -0.2) is 0 Å². The standard InChI is InChI=1S/C16H18/c1-11-7-13(3)15(9-11)5-6-16-10-12(2)8-14(16)4/h5-10H,1-4H3/b15-5-,16-6+. The van der Waals surface area contributed by atoms with Crippen LogP contribution in [0.15, 0.2) is 69.9 Å². The van der Waals surface area contributed by atoms with Crippen molar-refractivity contribution in [1.82, 2.24) is 0 Å². The molecule has 0 saturated carbocycles. The van der Waals surface area contributed by atoms with Crippen molar-refractivity contribution in [3.05, 3.63) is 69.9 Å². The highest BCUT2D eigenvalue weighted by Crippen LogP contribution is 2.26. The van der Waals surface area contributed by atoms with Gasteiger partial charge < -0.3 is 0 Å². The third-order valence-corrected chi connectivity index (χ3v) is 3.01. The van der Waals surface area contributed by atoms with E-state index in [0.29, 0.717) is 0 Å². The van der Waals surface area contributed by atoms with E-state index >= 15 is 0 Å². The van der Waals surface area contributed by atoms with Gasteiger partial charge in [-0.3, -0.25) is 0 Å². The second-order valence-corrected chi connectivity index (χ2v) is 4.68. The van der Waals surface area contributed by atoms with Crippen LogP contribution in [0.1, 0.15) is 27.7 Å². The SMILES string of the molecule is CC1=C/C(=C/C=C2\C=C(C)C=C2C)C(C)=C1. The molecular formula is C16H18. The summed E-state index contributed by atoms with van der Waals surface area (Å²) in [5.41, 5.74) is 8.05. The minimum absolute atomic E-state index is 1.33. The van der Waals surface area contributed by atoms with E-state index in [1.165, 1.54) is 33.4 Å². The van der Waals surface area contributed by atoms with Crippen molar-refractivity contribution < 1.29 is 0 Å². The molecule has 0 heteroatoms. The molecule has 0 saturated heterocycles. The van der Waals surface area contributed by atoms with Crippen molar-refractivity contribution >= 4 is 0 Å². The van der Waals surface area contributed by atoms with Crippen LogP contribution in [0.5, 0.6) is 0 Å². The molecule has 0 N–H and O–H groups in total. The van der Waals surface area contributed by atoms with Gasteiger partial charge in [0, 0.05) is 0 Å². The first-order valence-corrected chi connectivity index (χ1v) is 5.72. The first-order chi connectivity index (χ1) is 7.56. The van der Waals surface area contributed by atoms with Crippen LogP contribution in [0.4, 0.5) is 0 Å². The second-order valence-electron chi connectivity index (χ2n) is 4.68. The maximum atomic E-state index is 2.23. The van der Waals surface area contributed by atoms with E-state index in [1.54, 1.807) is 0 Å². The fourth-order valence-electron chi connectivity index (χ4n) is 2.19. The maximum Gasteiger partial charge on any atom is -0.0224 e. The van der Waals surface area contributed by atoms with Gasteiger partial charge in [0.05, 0.1) is 0 Å². The quantitative estimate of drug-likeness (QED) is 0.591. The van der Waals surface area contributed by atoms with Crippen LogP contribution in [-0.4, -0.2) is 0 Å². The lowest BCUT2D eigenvalue weighted by Gasteiger charge is -1.97. The summed E-state index contributed by atoms with van der Waals surface area (Å²) in [5.74, 6) is 0. The van der Waals surface area contributed by atoms with E-state index in [-0.39, 0.29) is 0 Å². The van der Waals surface area contributed by atoms with E-state index in [1.807, 2.05) is 0 Å². The van der Waals surface area contributed by atoms with Gasteiger partial charge in [-0.05, 0) is 50.0 Å². The Labute approximate surface area is 98.1 Å². The van der Waals surface area contributed by atoms with Crippen molar-refractivity contribution in [3.63, 3.8) is 0 Å². The van der Waals surface area contributed by atoms with Crippen LogP contribution < -0.4 is 0 Å². The van der Waals surface area contributed by atoms with Crippen LogP contribution in [0.3, 0.4) is 0 Å². The van der Waals surface area contributed by atoms with Gasteiger partial charge in [-0.2, -0.15) is 0 Å². The Kier molecular flexibility index (Phi) is 2.82. The van der Waals surface area contributed by atoms with Gasteiger partial charge in [0.1, 0.15) is 0 Å². The van der Waals surface area contributed by atoms with Crippen molar-refractivity contribution in [2.24, 2.45) is 0 Å². The molecule has 0 heterocycles. The molecule has 2 aliphatic carbocycles. The van der Waals surface area contributed by atoms with E-state index in [0.717, 1.165) is 0 Å². The average molecular weight is 210 g/mol. The first-order valence-electron chi connectivity index (χ1n) is 5.72. The molecule has 0 bridgehead atoms. The second kappa shape index (κ2) is 4.13. The zero-order valence-corrected chi connectivity index (χ0v) is 10.5. The number of hydrogen-bond acceptors (Lipinski definition) is 0. The molecule has 2 aliphatic rings. The normalized spacial score (nSPS) is 24.8. The minimum Gasteiger partial charge on any atom is -0.0558 e. The molecule has 0 aromatic carbocycles. The molecule has 0 radical (unpaired) electrons. The van der Waals surface area contributed by atoms with Crippen molar-refractivity contribution in [2.75, 3.05) is 0 Å². The van der Waals surface area contributed by atoms with Crippen LogP contribution >= 0.6 is 0 Å². The molecule has 2 rings (SSSR count). The molecule has 0 fully saturated rings. The summed E-state index contributed by atoms with van der Waals surface area (Å²) in [6.07, 6.45) is 13.3. The molecule has 82 valence electrons. The fraction of sp³-hybridized carbons (Fsp3) is 0.250. The Morgan fingerprint density at radius 3 is 1.25 bits per heavy atom. The highest BCUT2D eigenvalue weighted by Gasteiger charge is 2.06. The molecule has 0 nitrogen and oxygen atoms in total. The number of hydrogen-bond donors (Lipinski definition) is 0. The summed E-state index contributed by atoms with van der Waals surface area (Å²) >= 11 is 0. The average Bonchev–Trinajstić information content (AvgIpc) is 2.66. The highest BCUT2D eigenvalue weighted by molar-refractivity contribution is 5.56. The summed E-state index contributed by atoms with van der Waals surface area (Å²) in [6.45, 7) is 8.61. The lowest BCUT2D eigenvalue weighted by molar-refractivity contribution is 1.44. The van der Waals surface area contributed by atoms with Crippen LogP contribution in [-0.2, 0) is 0 Å². The van der Waals surface area contributed by atoms with Gasteiger partial charge in [0.2, 0.25) is 0 Å². The molecule has 0 amide bonds. The Balaban J connectivity index is 2.26. The topological polar surface area (TPSA) is 0 Å². The lowest BCUT2D eigenvalue weighted by atomic mass is 10.1. The summed E-state index contributed by atoms with van der Waals surface area (Å²) in [6, 6.07) is 0. The predicted octanol–water partition coefficient (Wildman–Crippen LogP) is 4.65. The van der Waals surface area contributed by atoms with Gasteiger partial charge >= 0.3 is 0 Å². The summed E-state index contributed by atoms with van der Waals surface area (Å²) in [5, 5.41) is 0.